The number of anilines is 1. The van der Waals surface area contributed by atoms with Crippen molar-refractivity contribution in [3.05, 3.63) is 29.8 Å². The first-order valence-corrected chi connectivity index (χ1v) is 8.29. The van der Waals surface area contributed by atoms with Crippen LogP contribution in [0, 0.1) is 0 Å². The number of hydrogen-bond acceptors (Lipinski definition) is 4. The highest BCUT2D eigenvalue weighted by atomic mass is 16.6. The average molecular weight is 334 g/mol. The number of benzene rings is 1. The first kappa shape index (κ1) is 18.1. The van der Waals surface area contributed by atoms with E-state index in [9.17, 15) is 9.59 Å². The van der Waals surface area contributed by atoms with Crippen molar-refractivity contribution < 1.29 is 19.4 Å². The molecule has 6 heteroatoms. The van der Waals surface area contributed by atoms with Crippen LogP contribution in [-0.4, -0.2) is 53.3 Å². The van der Waals surface area contributed by atoms with E-state index < -0.39 is 11.6 Å². The number of carboxylic acids is 1. The van der Waals surface area contributed by atoms with E-state index in [4.69, 9.17) is 9.84 Å². The third kappa shape index (κ3) is 4.40. The minimum Gasteiger partial charge on any atom is -0.478 e. The number of hydrogen-bond donors (Lipinski definition) is 1. The van der Waals surface area contributed by atoms with E-state index in [2.05, 4.69) is 11.8 Å². The van der Waals surface area contributed by atoms with Crippen LogP contribution in [0.4, 0.5) is 10.5 Å². The zero-order valence-corrected chi connectivity index (χ0v) is 14.8. The molecule has 6 nitrogen and oxygen atoms in total. The minimum absolute atomic E-state index is 0.135. The molecule has 1 aromatic carbocycles. The molecule has 0 radical (unpaired) electrons. The number of rotatable bonds is 3. The summed E-state index contributed by atoms with van der Waals surface area (Å²) in [5.41, 5.74) is 0.647. The van der Waals surface area contributed by atoms with E-state index in [1.54, 1.807) is 23.1 Å². The van der Waals surface area contributed by atoms with Crippen LogP contribution < -0.4 is 4.90 Å². The first-order chi connectivity index (χ1) is 11.2. The maximum Gasteiger partial charge on any atom is 0.410 e. The Hall–Kier alpha value is -2.24. The maximum absolute atomic E-state index is 12.3. The van der Waals surface area contributed by atoms with Crippen LogP contribution in [0.5, 0.6) is 0 Å². The number of carbonyl (C=O) groups is 2. The molecule has 0 spiro atoms. The van der Waals surface area contributed by atoms with E-state index in [0.717, 1.165) is 12.1 Å². The van der Waals surface area contributed by atoms with Crippen LogP contribution >= 0.6 is 0 Å². The van der Waals surface area contributed by atoms with Crippen molar-refractivity contribution in [2.45, 2.75) is 45.8 Å². The van der Waals surface area contributed by atoms with Crippen molar-refractivity contribution in [1.82, 2.24) is 4.90 Å². The Morgan fingerprint density at radius 2 is 2.00 bits per heavy atom. The Kier molecular flexibility index (Phi) is 5.36. The minimum atomic E-state index is -0.933. The fourth-order valence-electron chi connectivity index (χ4n) is 2.85. The zero-order valence-electron chi connectivity index (χ0n) is 14.8. The Morgan fingerprint density at radius 3 is 2.58 bits per heavy atom. The number of aromatic carboxylic acids is 1. The Labute approximate surface area is 143 Å². The Morgan fingerprint density at radius 1 is 1.29 bits per heavy atom. The van der Waals surface area contributed by atoms with Gasteiger partial charge in [0.05, 0.1) is 5.56 Å². The molecular weight excluding hydrogens is 308 g/mol. The van der Waals surface area contributed by atoms with Gasteiger partial charge in [-0.15, -0.1) is 0 Å². The second kappa shape index (κ2) is 7.11. The number of piperazine rings is 1. The molecule has 2 rings (SSSR count). The van der Waals surface area contributed by atoms with Gasteiger partial charge in [-0.2, -0.15) is 0 Å². The van der Waals surface area contributed by atoms with Crippen LogP contribution in [0.15, 0.2) is 24.3 Å². The highest BCUT2D eigenvalue weighted by molar-refractivity contribution is 5.88. The summed E-state index contributed by atoms with van der Waals surface area (Å²) in [5.74, 6) is -0.933. The molecule has 0 saturated carbocycles. The third-order valence-corrected chi connectivity index (χ3v) is 4.03. The van der Waals surface area contributed by atoms with Crippen molar-refractivity contribution in [2.75, 3.05) is 24.5 Å². The van der Waals surface area contributed by atoms with E-state index in [0.29, 0.717) is 19.6 Å². The molecule has 1 unspecified atom stereocenters. The van der Waals surface area contributed by atoms with Gasteiger partial charge in [-0.1, -0.05) is 13.0 Å². The molecule has 1 aromatic rings. The fourth-order valence-corrected chi connectivity index (χ4v) is 2.85. The van der Waals surface area contributed by atoms with Gasteiger partial charge in [0, 0.05) is 31.4 Å². The van der Waals surface area contributed by atoms with Gasteiger partial charge in [0.15, 0.2) is 0 Å². The molecule has 1 saturated heterocycles. The quantitative estimate of drug-likeness (QED) is 0.919. The third-order valence-electron chi connectivity index (χ3n) is 4.03. The molecule has 24 heavy (non-hydrogen) atoms. The molecule has 1 atom stereocenters. The van der Waals surface area contributed by atoms with E-state index in [1.165, 1.54) is 0 Å². The monoisotopic (exact) mass is 334 g/mol. The van der Waals surface area contributed by atoms with Gasteiger partial charge in [0.2, 0.25) is 0 Å². The van der Waals surface area contributed by atoms with E-state index in [-0.39, 0.29) is 17.7 Å². The SMILES string of the molecule is CCC1CN(C(=O)OC(C)(C)C)CCN1c1cccc(C(=O)O)c1. The summed E-state index contributed by atoms with van der Waals surface area (Å²) in [6.07, 6.45) is 0.566. The first-order valence-electron chi connectivity index (χ1n) is 8.29. The molecular formula is C18H26N2O4. The van der Waals surface area contributed by atoms with Gasteiger partial charge in [-0.25, -0.2) is 9.59 Å². The van der Waals surface area contributed by atoms with Crippen molar-refractivity contribution in [3.63, 3.8) is 0 Å². The van der Waals surface area contributed by atoms with Crippen LogP contribution in [0.2, 0.25) is 0 Å². The zero-order chi connectivity index (χ0) is 17.9. The van der Waals surface area contributed by atoms with E-state index >= 15 is 0 Å². The summed E-state index contributed by atoms with van der Waals surface area (Å²) in [6.45, 7) is 9.42. The average Bonchev–Trinajstić information content (AvgIpc) is 2.52. The van der Waals surface area contributed by atoms with Crippen LogP contribution in [-0.2, 0) is 4.74 Å². The Bertz CT molecular complexity index is 609. The molecule has 0 aromatic heterocycles. The predicted molar refractivity (Wildman–Crippen MR) is 92.6 cm³/mol. The summed E-state index contributed by atoms with van der Waals surface area (Å²) in [7, 11) is 0. The van der Waals surface area contributed by atoms with Crippen LogP contribution in [0.1, 0.15) is 44.5 Å². The number of carboxylic acid groups (broad SMARTS) is 1. The maximum atomic E-state index is 12.3. The van der Waals surface area contributed by atoms with Gasteiger partial charge in [-0.05, 0) is 45.4 Å². The molecule has 0 bridgehead atoms. The summed E-state index contributed by atoms with van der Waals surface area (Å²) in [6, 6.07) is 7.08. The lowest BCUT2D eigenvalue weighted by atomic mass is 10.1. The highest BCUT2D eigenvalue weighted by Gasteiger charge is 2.31. The number of ether oxygens (including phenoxy) is 1. The van der Waals surface area contributed by atoms with Gasteiger partial charge in [0.25, 0.3) is 0 Å². The lowest BCUT2D eigenvalue weighted by Crippen LogP contribution is -2.55. The van der Waals surface area contributed by atoms with Crippen molar-refractivity contribution >= 4 is 17.7 Å². The predicted octanol–water partition coefficient (Wildman–Crippen LogP) is 3.22. The van der Waals surface area contributed by atoms with Crippen LogP contribution in [0.3, 0.4) is 0 Å². The van der Waals surface area contributed by atoms with Gasteiger partial charge in [0.1, 0.15) is 5.60 Å². The largest absolute Gasteiger partial charge is 0.478 e. The molecule has 132 valence electrons. The topological polar surface area (TPSA) is 70.1 Å². The van der Waals surface area contributed by atoms with Gasteiger partial charge < -0.3 is 19.6 Å². The lowest BCUT2D eigenvalue weighted by molar-refractivity contribution is 0.0213. The highest BCUT2D eigenvalue weighted by Crippen LogP contribution is 2.24. The molecule has 1 fully saturated rings. The van der Waals surface area contributed by atoms with Crippen molar-refractivity contribution in [1.29, 1.82) is 0 Å². The molecule has 1 aliphatic rings. The van der Waals surface area contributed by atoms with E-state index in [1.807, 2.05) is 26.8 Å². The molecule has 1 N–H and O–H groups in total. The number of amides is 1. The lowest BCUT2D eigenvalue weighted by Gasteiger charge is -2.42. The fraction of sp³-hybridized carbons (Fsp3) is 0.556. The summed E-state index contributed by atoms with van der Waals surface area (Å²) in [5, 5.41) is 9.17. The summed E-state index contributed by atoms with van der Waals surface area (Å²) in [4.78, 5) is 27.3. The van der Waals surface area contributed by atoms with Crippen LogP contribution in [0.25, 0.3) is 0 Å². The standard InChI is InChI=1S/C18H26N2O4/c1-5-14-12-19(17(23)24-18(2,3)4)9-10-20(14)15-8-6-7-13(11-15)16(21)22/h6-8,11,14H,5,9-10,12H2,1-4H3,(H,21,22). The summed E-state index contributed by atoms with van der Waals surface area (Å²) < 4.78 is 5.45. The van der Waals surface area contributed by atoms with Gasteiger partial charge in [-0.3, -0.25) is 0 Å². The number of nitrogens with zero attached hydrogens (tertiary/aromatic N) is 2. The molecule has 0 aliphatic carbocycles. The van der Waals surface area contributed by atoms with Gasteiger partial charge >= 0.3 is 12.1 Å². The Balaban J connectivity index is 2.12. The second-order valence-electron chi connectivity index (χ2n) is 7.04. The molecule has 1 amide bonds. The second-order valence-corrected chi connectivity index (χ2v) is 7.04. The summed E-state index contributed by atoms with van der Waals surface area (Å²) >= 11 is 0. The smallest absolute Gasteiger partial charge is 0.410 e. The molecule has 1 aliphatic heterocycles. The molecule has 1 heterocycles. The normalized spacial score (nSPS) is 18.4. The van der Waals surface area contributed by atoms with Crippen molar-refractivity contribution in [3.8, 4) is 0 Å². The number of carbonyl (C=O) groups excluding carboxylic acids is 1. The van der Waals surface area contributed by atoms with Crippen molar-refractivity contribution in [2.24, 2.45) is 0 Å².